The third-order valence-corrected chi connectivity index (χ3v) is 7.10. The van der Waals surface area contributed by atoms with Crippen LogP contribution in [0, 0.1) is 0 Å². The maximum absolute atomic E-state index is 13.0. The molecule has 0 unspecified atom stereocenters. The van der Waals surface area contributed by atoms with Gasteiger partial charge in [-0.15, -0.1) is 11.8 Å². The van der Waals surface area contributed by atoms with E-state index >= 15 is 0 Å². The summed E-state index contributed by atoms with van der Waals surface area (Å²) in [6.45, 7) is 1.83. The number of thioether (sulfide) groups is 1. The number of nitrogens with zero attached hydrogens (tertiary/aromatic N) is 2. The minimum Gasteiger partial charge on any atom is -0.477 e. The van der Waals surface area contributed by atoms with E-state index < -0.39 is 53.8 Å². The third-order valence-electron chi connectivity index (χ3n) is 5.76. The molecule has 2 aliphatic heterocycles. The average molecular weight is 617 g/mol. The number of benzene rings is 1. The maximum Gasteiger partial charge on any atom is 0.411 e. The maximum atomic E-state index is 13.0. The average Bonchev–Trinajstić information content (AvgIpc) is 3.48. The van der Waals surface area contributed by atoms with Crippen molar-refractivity contribution in [2.45, 2.75) is 25.3 Å². The fourth-order valence-electron chi connectivity index (χ4n) is 4.07. The smallest absolute Gasteiger partial charge is 0.411 e. The van der Waals surface area contributed by atoms with E-state index in [0.717, 1.165) is 30.5 Å². The summed E-state index contributed by atoms with van der Waals surface area (Å²) in [4.78, 5) is 78.8. The number of carboxylic acids is 1. The second-order valence-electron chi connectivity index (χ2n) is 8.77. The summed E-state index contributed by atoms with van der Waals surface area (Å²) in [5, 5.41) is 17.7. The number of aliphatic carboxylic acids is 1. The van der Waals surface area contributed by atoms with Crippen molar-refractivity contribution in [1.82, 2.24) is 10.2 Å². The van der Waals surface area contributed by atoms with Gasteiger partial charge in [0.25, 0.3) is 11.8 Å². The van der Waals surface area contributed by atoms with E-state index in [1.54, 1.807) is 0 Å². The first-order chi connectivity index (χ1) is 20.5. The van der Waals surface area contributed by atoms with Gasteiger partial charge in [-0.3, -0.25) is 29.4 Å². The van der Waals surface area contributed by atoms with Crippen LogP contribution in [0.2, 0.25) is 0 Å². The van der Waals surface area contributed by atoms with Gasteiger partial charge in [0.15, 0.2) is 17.3 Å². The number of carbonyl (C=O) groups excluding carboxylic acids is 5. The number of hydrogen-bond donors (Lipinski definition) is 3. The SMILES string of the molecule is CO/N=C(\C(=O)N[C@@H]1C(=O)N2C(C(=O)O)=C(COC(=O)Nc3ccc(OC(C)=O)c(OC(C)=O)c3)CS[C@H]12)c1ccco1. The Morgan fingerprint density at radius 1 is 1.12 bits per heavy atom. The Morgan fingerprint density at radius 2 is 1.84 bits per heavy atom. The first kappa shape index (κ1) is 30.6. The molecular formula is C26H24N4O12S. The molecule has 1 saturated heterocycles. The molecule has 0 aliphatic carbocycles. The number of carbonyl (C=O) groups is 6. The Hall–Kier alpha value is -5.32. The van der Waals surface area contributed by atoms with E-state index in [9.17, 15) is 33.9 Å². The molecule has 0 saturated carbocycles. The molecule has 3 heterocycles. The van der Waals surface area contributed by atoms with Crippen molar-refractivity contribution >= 4 is 59.0 Å². The van der Waals surface area contributed by atoms with Crippen LogP contribution in [0.1, 0.15) is 19.6 Å². The molecule has 4 rings (SSSR count). The normalized spacial score (nSPS) is 17.7. The molecule has 2 aliphatic rings. The Labute approximate surface area is 246 Å². The topological polar surface area (TPSA) is 212 Å². The Balaban J connectivity index is 1.42. The Bertz CT molecular complexity index is 1530. The van der Waals surface area contributed by atoms with Crippen molar-refractivity contribution in [3.05, 3.63) is 53.6 Å². The predicted octanol–water partition coefficient (Wildman–Crippen LogP) is 1.47. The van der Waals surface area contributed by atoms with Crippen LogP contribution < -0.4 is 20.1 Å². The number of oxime groups is 1. The number of carboxylic acid groups (broad SMARTS) is 1. The van der Waals surface area contributed by atoms with E-state index in [-0.39, 0.29) is 45.7 Å². The second-order valence-corrected chi connectivity index (χ2v) is 9.87. The fourth-order valence-corrected chi connectivity index (χ4v) is 5.40. The zero-order valence-corrected chi connectivity index (χ0v) is 23.6. The zero-order chi connectivity index (χ0) is 31.3. The molecule has 0 spiro atoms. The quantitative estimate of drug-likeness (QED) is 0.114. The monoisotopic (exact) mass is 616 g/mol. The molecule has 2 atom stereocenters. The van der Waals surface area contributed by atoms with Gasteiger partial charge in [0.05, 0.1) is 6.26 Å². The number of β-lactam (4-membered cyclic amide) rings is 1. The number of esters is 2. The molecule has 1 aromatic heterocycles. The van der Waals surface area contributed by atoms with Crippen molar-refractivity contribution in [2.24, 2.45) is 5.16 Å². The lowest BCUT2D eigenvalue weighted by atomic mass is 10.0. The van der Waals surface area contributed by atoms with Gasteiger partial charge in [0, 0.05) is 36.9 Å². The first-order valence-corrected chi connectivity index (χ1v) is 13.4. The Kier molecular flexibility index (Phi) is 9.34. The lowest BCUT2D eigenvalue weighted by Crippen LogP contribution is -2.71. The molecule has 2 aromatic rings. The molecule has 3 amide bonds. The molecule has 43 heavy (non-hydrogen) atoms. The van der Waals surface area contributed by atoms with E-state index in [1.807, 2.05) is 0 Å². The molecule has 17 heteroatoms. The van der Waals surface area contributed by atoms with Gasteiger partial charge in [0.2, 0.25) is 5.71 Å². The zero-order valence-electron chi connectivity index (χ0n) is 22.8. The van der Waals surface area contributed by atoms with Crippen LogP contribution in [0.3, 0.4) is 0 Å². The third kappa shape index (κ3) is 6.95. The second kappa shape index (κ2) is 13.1. The number of fused-ring (bicyclic) bond motifs is 1. The van der Waals surface area contributed by atoms with Crippen LogP contribution in [0.5, 0.6) is 11.5 Å². The minimum absolute atomic E-state index is 0.0523. The van der Waals surface area contributed by atoms with Crippen molar-refractivity contribution in [3.63, 3.8) is 0 Å². The van der Waals surface area contributed by atoms with E-state index in [0.29, 0.717) is 0 Å². The molecule has 226 valence electrons. The van der Waals surface area contributed by atoms with Crippen LogP contribution in [0.4, 0.5) is 10.5 Å². The fraction of sp³-hybridized carbons (Fsp3) is 0.269. The van der Waals surface area contributed by atoms with E-state index in [4.69, 9.17) is 23.5 Å². The Morgan fingerprint density at radius 3 is 2.47 bits per heavy atom. The van der Waals surface area contributed by atoms with Crippen molar-refractivity contribution in [3.8, 4) is 11.5 Å². The summed E-state index contributed by atoms with van der Waals surface area (Å²) in [5.74, 6) is -4.24. The van der Waals surface area contributed by atoms with Crippen molar-refractivity contribution in [1.29, 1.82) is 0 Å². The number of hydrogen-bond acceptors (Lipinski definition) is 13. The summed E-state index contributed by atoms with van der Waals surface area (Å²) in [6, 6.07) is 5.84. The van der Waals surface area contributed by atoms with Crippen molar-refractivity contribution in [2.75, 3.05) is 24.8 Å². The number of rotatable bonds is 10. The molecule has 0 radical (unpaired) electrons. The summed E-state index contributed by atoms with van der Waals surface area (Å²) in [6.07, 6.45) is 0.345. The highest BCUT2D eigenvalue weighted by atomic mass is 32.2. The van der Waals surface area contributed by atoms with Gasteiger partial charge >= 0.3 is 24.0 Å². The van der Waals surface area contributed by atoms with Crippen LogP contribution in [-0.2, 0) is 33.5 Å². The summed E-state index contributed by atoms with van der Waals surface area (Å²) in [5.41, 5.74) is -0.323. The van der Waals surface area contributed by atoms with Crippen LogP contribution >= 0.6 is 11.8 Å². The van der Waals surface area contributed by atoms with Gasteiger partial charge in [-0.25, -0.2) is 9.59 Å². The number of anilines is 1. The van der Waals surface area contributed by atoms with Crippen LogP contribution in [0.25, 0.3) is 0 Å². The van der Waals surface area contributed by atoms with Gasteiger partial charge in [0.1, 0.15) is 30.8 Å². The molecular weight excluding hydrogens is 592 g/mol. The van der Waals surface area contributed by atoms with Gasteiger partial charge < -0.3 is 33.9 Å². The summed E-state index contributed by atoms with van der Waals surface area (Å²) in [7, 11) is 1.23. The summed E-state index contributed by atoms with van der Waals surface area (Å²) >= 11 is 1.16. The molecule has 3 N–H and O–H groups in total. The lowest BCUT2D eigenvalue weighted by molar-refractivity contribution is -0.150. The van der Waals surface area contributed by atoms with E-state index in [2.05, 4.69) is 15.8 Å². The number of nitrogens with one attached hydrogen (secondary N) is 2. The standard InChI is InChI=1S/C26H24N4O12S/c1-12(31)41-16-7-6-15(9-18(16)42-13(2)32)27-26(37)40-10-14-11-43-24-20(23(34)30(24)21(14)25(35)36)28-22(33)19(29-38-3)17-5-4-8-39-17/h4-9,20,24H,10-11H2,1-3H3,(H,27,37)(H,28,33)(H,35,36)/b29-19-/t20-,24-/m1/s1. The number of ether oxygens (including phenoxy) is 3. The number of amides is 3. The molecule has 1 aromatic carbocycles. The van der Waals surface area contributed by atoms with Crippen molar-refractivity contribution < 1.29 is 57.3 Å². The highest BCUT2D eigenvalue weighted by molar-refractivity contribution is 8.00. The van der Waals surface area contributed by atoms with Crippen LogP contribution in [0.15, 0.2) is 57.4 Å². The van der Waals surface area contributed by atoms with Gasteiger partial charge in [-0.1, -0.05) is 5.16 Å². The van der Waals surface area contributed by atoms with Gasteiger partial charge in [-0.2, -0.15) is 0 Å². The van der Waals surface area contributed by atoms with Gasteiger partial charge in [-0.05, 0) is 24.3 Å². The first-order valence-electron chi connectivity index (χ1n) is 12.3. The summed E-state index contributed by atoms with van der Waals surface area (Å²) < 4.78 is 20.4. The van der Waals surface area contributed by atoms with E-state index in [1.165, 1.54) is 43.7 Å². The highest BCUT2D eigenvalue weighted by Gasteiger charge is 2.54. The minimum atomic E-state index is -1.42. The molecule has 1 fully saturated rings. The van der Waals surface area contributed by atoms with Crippen LogP contribution in [-0.4, -0.2) is 82.4 Å². The largest absolute Gasteiger partial charge is 0.477 e. The predicted molar refractivity (Wildman–Crippen MR) is 146 cm³/mol. The molecule has 0 bridgehead atoms. The highest BCUT2D eigenvalue weighted by Crippen LogP contribution is 2.40. The number of furan rings is 1. The lowest BCUT2D eigenvalue weighted by Gasteiger charge is -2.49. The molecule has 16 nitrogen and oxygen atoms in total.